The standard InChI is InChI=1S/C22H22N4O/c27-22(25-13-7-8-14-25)20-15-21(24-17-23-20)26(19-11-5-2-6-12-19)16-18-9-3-1-4-10-18/h1-6,9-12,15,17H,7-8,13-14,16H2. The summed E-state index contributed by atoms with van der Waals surface area (Å²) < 4.78 is 0. The Morgan fingerprint density at radius 1 is 0.926 bits per heavy atom. The molecule has 1 aliphatic heterocycles. The van der Waals surface area contributed by atoms with E-state index in [9.17, 15) is 4.79 Å². The number of aromatic nitrogens is 2. The van der Waals surface area contributed by atoms with E-state index in [0.29, 0.717) is 12.2 Å². The lowest BCUT2D eigenvalue weighted by atomic mass is 10.2. The van der Waals surface area contributed by atoms with E-state index in [-0.39, 0.29) is 5.91 Å². The van der Waals surface area contributed by atoms with E-state index in [1.807, 2.05) is 53.4 Å². The maximum absolute atomic E-state index is 12.7. The van der Waals surface area contributed by atoms with Crippen molar-refractivity contribution < 1.29 is 4.79 Å². The average Bonchev–Trinajstić information content (AvgIpc) is 3.28. The fourth-order valence-corrected chi connectivity index (χ4v) is 3.37. The largest absolute Gasteiger partial charge is 0.337 e. The normalized spacial score (nSPS) is 13.6. The fraction of sp³-hybridized carbons (Fsp3) is 0.227. The average molecular weight is 358 g/mol. The third-order valence-electron chi connectivity index (χ3n) is 4.79. The van der Waals surface area contributed by atoms with Gasteiger partial charge in [0.15, 0.2) is 0 Å². The Kier molecular flexibility index (Phi) is 5.10. The van der Waals surface area contributed by atoms with E-state index in [1.54, 1.807) is 6.07 Å². The Morgan fingerprint density at radius 3 is 2.30 bits per heavy atom. The molecule has 0 atom stereocenters. The molecule has 0 aliphatic carbocycles. The highest BCUT2D eigenvalue weighted by atomic mass is 16.2. The predicted molar refractivity (Wildman–Crippen MR) is 106 cm³/mol. The highest BCUT2D eigenvalue weighted by Crippen LogP contribution is 2.26. The van der Waals surface area contributed by atoms with E-state index in [2.05, 4.69) is 27.0 Å². The number of para-hydroxylation sites is 1. The number of hydrogen-bond donors (Lipinski definition) is 0. The molecule has 2 aromatic carbocycles. The van der Waals surface area contributed by atoms with E-state index >= 15 is 0 Å². The molecule has 0 bridgehead atoms. The highest BCUT2D eigenvalue weighted by Gasteiger charge is 2.22. The number of carbonyl (C=O) groups excluding carboxylic acids is 1. The zero-order valence-electron chi connectivity index (χ0n) is 15.2. The fourth-order valence-electron chi connectivity index (χ4n) is 3.37. The van der Waals surface area contributed by atoms with Gasteiger partial charge in [-0.05, 0) is 30.5 Å². The molecule has 0 radical (unpaired) electrons. The van der Waals surface area contributed by atoms with Crippen molar-refractivity contribution in [2.24, 2.45) is 0 Å². The second kappa shape index (κ2) is 7.99. The second-order valence-corrected chi connectivity index (χ2v) is 6.67. The minimum absolute atomic E-state index is 0.0103. The number of carbonyl (C=O) groups is 1. The minimum atomic E-state index is -0.0103. The summed E-state index contributed by atoms with van der Waals surface area (Å²) in [6, 6.07) is 22.1. The monoisotopic (exact) mass is 358 g/mol. The first-order valence-corrected chi connectivity index (χ1v) is 9.29. The van der Waals surface area contributed by atoms with Crippen LogP contribution < -0.4 is 4.90 Å². The van der Waals surface area contributed by atoms with Crippen LogP contribution in [-0.2, 0) is 6.54 Å². The summed E-state index contributed by atoms with van der Waals surface area (Å²) in [4.78, 5) is 25.4. The third kappa shape index (κ3) is 3.97. The van der Waals surface area contributed by atoms with Gasteiger partial charge >= 0.3 is 0 Å². The van der Waals surface area contributed by atoms with Gasteiger partial charge in [-0.1, -0.05) is 48.5 Å². The number of benzene rings is 2. The van der Waals surface area contributed by atoms with Gasteiger partial charge in [0.25, 0.3) is 5.91 Å². The molecule has 5 nitrogen and oxygen atoms in total. The first-order valence-electron chi connectivity index (χ1n) is 9.29. The van der Waals surface area contributed by atoms with Crippen LogP contribution in [0, 0.1) is 0 Å². The van der Waals surface area contributed by atoms with Crippen LogP contribution in [0.3, 0.4) is 0 Å². The maximum Gasteiger partial charge on any atom is 0.272 e. The predicted octanol–water partition coefficient (Wildman–Crippen LogP) is 4.05. The smallest absolute Gasteiger partial charge is 0.272 e. The maximum atomic E-state index is 12.7. The van der Waals surface area contributed by atoms with E-state index in [4.69, 9.17) is 0 Å². The zero-order chi connectivity index (χ0) is 18.5. The number of amides is 1. The van der Waals surface area contributed by atoms with Crippen molar-refractivity contribution in [3.05, 3.63) is 84.3 Å². The summed E-state index contributed by atoms with van der Waals surface area (Å²) in [6.07, 6.45) is 3.61. The van der Waals surface area contributed by atoms with Crippen molar-refractivity contribution in [1.82, 2.24) is 14.9 Å². The summed E-state index contributed by atoms with van der Waals surface area (Å²) in [5.41, 5.74) is 2.66. The molecule has 136 valence electrons. The van der Waals surface area contributed by atoms with Crippen LogP contribution in [0.4, 0.5) is 11.5 Å². The molecule has 0 N–H and O–H groups in total. The van der Waals surface area contributed by atoms with Gasteiger partial charge in [0.1, 0.15) is 17.8 Å². The molecule has 27 heavy (non-hydrogen) atoms. The topological polar surface area (TPSA) is 49.3 Å². The molecular formula is C22H22N4O. The molecule has 0 saturated carbocycles. The van der Waals surface area contributed by atoms with E-state index < -0.39 is 0 Å². The van der Waals surface area contributed by atoms with Crippen molar-refractivity contribution in [2.45, 2.75) is 19.4 Å². The minimum Gasteiger partial charge on any atom is -0.337 e. The molecule has 1 aliphatic rings. The van der Waals surface area contributed by atoms with E-state index in [1.165, 1.54) is 11.9 Å². The number of likely N-dealkylation sites (tertiary alicyclic amines) is 1. The molecule has 5 heteroatoms. The summed E-state index contributed by atoms with van der Waals surface area (Å²) in [5, 5.41) is 0. The molecule has 3 aromatic rings. The van der Waals surface area contributed by atoms with Gasteiger partial charge in [-0.2, -0.15) is 0 Å². The lowest BCUT2D eigenvalue weighted by molar-refractivity contribution is 0.0787. The quantitative estimate of drug-likeness (QED) is 0.690. The molecule has 1 amide bonds. The lowest BCUT2D eigenvalue weighted by Gasteiger charge is -2.24. The van der Waals surface area contributed by atoms with Crippen molar-refractivity contribution >= 4 is 17.4 Å². The molecule has 0 spiro atoms. The van der Waals surface area contributed by atoms with Crippen molar-refractivity contribution in [2.75, 3.05) is 18.0 Å². The van der Waals surface area contributed by atoms with Crippen molar-refractivity contribution in [1.29, 1.82) is 0 Å². The van der Waals surface area contributed by atoms with Gasteiger partial charge in [-0.15, -0.1) is 0 Å². The van der Waals surface area contributed by atoms with Gasteiger partial charge in [0.2, 0.25) is 0 Å². The number of hydrogen-bond acceptors (Lipinski definition) is 4. The van der Waals surface area contributed by atoms with Crippen molar-refractivity contribution in [3.63, 3.8) is 0 Å². The third-order valence-corrected chi connectivity index (χ3v) is 4.79. The second-order valence-electron chi connectivity index (χ2n) is 6.67. The number of rotatable bonds is 5. The van der Waals surface area contributed by atoms with Crippen LogP contribution in [0.25, 0.3) is 0 Å². The SMILES string of the molecule is O=C(c1cc(N(Cc2ccccc2)c2ccccc2)ncn1)N1CCCC1. The van der Waals surface area contributed by atoms with Crippen LogP contribution >= 0.6 is 0 Å². The highest BCUT2D eigenvalue weighted by molar-refractivity contribution is 5.93. The van der Waals surface area contributed by atoms with Crippen LogP contribution in [0.1, 0.15) is 28.9 Å². The molecule has 1 saturated heterocycles. The van der Waals surface area contributed by atoms with Crippen LogP contribution in [0.15, 0.2) is 73.1 Å². The summed E-state index contributed by atoms with van der Waals surface area (Å²) >= 11 is 0. The molecule has 2 heterocycles. The zero-order valence-corrected chi connectivity index (χ0v) is 15.2. The first kappa shape index (κ1) is 17.2. The van der Waals surface area contributed by atoms with Crippen LogP contribution in [-0.4, -0.2) is 33.9 Å². The summed E-state index contributed by atoms with van der Waals surface area (Å²) in [6.45, 7) is 2.29. The Morgan fingerprint density at radius 2 is 1.59 bits per heavy atom. The molecular weight excluding hydrogens is 336 g/mol. The van der Waals surface area contributed by atoms with Gasteiger partial charge in [-0.25, -0.2) is 9.97 Å². The van der Waals surface area contributed by atoms with Crippen LogP contribution in [0.5, 0.6) is 0 Å². The lowest BCUT2D eigenvalue weighted by Crippen LogP contribution is -2.29. The molecule has 1 fully saturated rings. The molecule has 1 aromatic heterocycles. The Hall–Kier alpha value is -3.21. The summed E-state index contributed by atoms with van der Waals surface area (Å²) in [7, 11) is 0. The van der Waals surface area contributed by atoms with Crippen molar-refractivity contribution in [3.8, 4) is 0 Å². The Balaban J connectivity index is 1.67. The number of anilines is 2. The van der Waals surface area contributed by atoms with Gasteiger partial charge in [0, 0.05) is 31.4 Å². The number of nitrogens with zero attached hydrogens (tertiary/aromatic N) is 4. The first-order chi connectivity index (χ1) is 13.3. The van der Waals surface area contributed by atoms with Gasteiger partial charge in [0.05, 0.1) is 0 Å². The van der Waals surface area contributed by atoms with Gasteiger partial charge in [-0.3, -0.25) is 4.79 Å². The van der Waals surface area contributed by atoms with Crippen LogP contribution in [0.2, 0.25) is 0 Å². The van der Waals surface area contributed by atoms with E-state index in [0.717, 1.165) is 37.4 Å². The Bertz CT molecular complexity index is 892. The van der Waals surface area contributed by atoms with Gasteiger partial charge < -0.3 is 9.80 Å². The Labute approximate surface area is 159 Å². The molecule has 4 rings (SSSR count). The summed E-state index contributed by atoms with van der Waals surface area (Å²) in [5.74, 6) is 0.714. The molecule has 0 unspecified atom stereocenters.